The summed E-state index contributed by atoms with van der Waals surface area (Å²) in [5.74, 6) is 0.274. The Bertz CT molecular complexity index is 1140. The third-order valence-electron chi connectivity index (χ3n) is 6.26. The van der Waals surface area contributed by atoms with E-state index >= 15 is 0 Å². The summed E-state index contributed by atoms with van der Waals surface area (Å²) >= 11 is 8.00. The Morgan fingerprint density at radius 3 is 2.71 bits per heavy atom. The van der Waals surface area contributed by atoms with Crippen LogP contribution in [0.25, 0.3) is 6.08 Å². The highest BCUT2D eigenvalue weighted by atomic mass is 35.5. The van der Waals surface area contributed by atoms with Crippen molar-refractivity contribution in [3.63, 3.8) is 0 Å². The molecular weight excluding hydrogens is 426 g/mol. The normalized spacial score (nSPS) is 22.7. The first-order chi connectivity index (χ1) is 14.5. The minimum Gasteiger partial charge on any atom is -0.369 e. The molecule has 2 heterocycles. The third kappa shape index (κ3) is 4.26. The van der Waals surface area contributed by atoms with Gasteiger partial charge >= 0.3 is 0 Å². The van der Waals surface area contributed by atoms with Crippen LogP contribution in [0.3, 0.4) is 0 Å². The van der Waals surface area contributed by atoms with Gasteiger partial charge in [0.15, 0.2) is 5.17 Å². The van der Waals surface area contributed by atoms with E-state index in [1.54, 1.807) is 0 Å². The van der Waals surface area contributed by atoms with Gasteiger partial charge in [-0.15, -0.1) is 0 Å². The first-order valence-corrected chi connectivity index (χ1v) is 11.7. The van der Waals surface area contributed by atoms with Gasteiger partial charge in [0.2, 0.25) is 0 Å². The van der Waals surface area contributed by atoms with Crippen LogP contribution < -0.4 is 10.2 Å². The van der Waals surface area contributed by atoms with Crippen LogP contribution in [0.4, 0.5) is 11.4 Å². The Morgan fingerprint density at radius 1 is 1.26 bits per heavy atom. The summed E-state index contributed by atoms with van der Waals surface area (Å²) < 4.78 is 0. The number of aryl methyl sites for hydroxylation is 2. The summed E-state index contributed by atoms with van der Waals surface area (Å²) in [7, 11) is 2.12. The van der Waals surface area contributed by atoms with E-state index in [4.69, 9.17) is 11.6 Å². The number of nitrogens with zero attached hydrogens (tertiary/aromatic N) is 2. The summed E-state index contributed by atoms with van der Waals surface area (Å²) in [5, 5.41) is 4.12. The number of thioether (sulfide) groups is 1. The number of carbonyl (C=O) groups is 1. The number of amides is 1. The molecular formula is C25H28ClN3OS. The number of nitrogens with one attached hydrogen (secondary N) is 1. The number of anilines is 1. The van der Waals surface area contributed by atoms with Crippen LogP contribution in [0, 0.1) is 13.8 Å². The highest BCUT2D eigenvalue weighted by Crippen LogP contribution is 2.45. The molecule has 2 aliphatic heterocycles. The Kier molecular flexibility index (Phi) is 5.69. The van der Waals surface area contributed by atoms with Gasteiger partial charge in [-0.25, -0.2) is 4.99 Å². The van der Waals surface area contributed by atoms with E-state index in [1.807, 2.05) is 31.2 Å². The van der Waals surface area contributed by atoms with Crippen molar-refractivity contribution in [2.75, 3.05) is 11.9 Å². The van der Waals surface area contributed by atoms with Gasteiger partial charge in [-0.3, -0.25) is 4.79 Å². The predicted octanol–water partition coefficient (Wildman–Crippen LogP) is 6.57. The second-order valence-electron chi connectivity index (χ2n) is 9.18. The van der Waals surface area contributed by atoms with Gasteiger partial charge in [0.1, 0.15) is 0 Å². The highest BCUT2D eigenvalue weighted by Gasteiger charge is 2.34. The SMILES string of the molecule is Cc1ccc(N=C2NC(=O)/C(=C\c3cc4c(cc3Cl)N(C)C(C)(C)CC4C)S2)c(C)c1. The molecule has 31 heavy (non-hydrogen) atoms. The predicted molar refractivity (Wildman–Crippen MR) is 134 cm³/mol. The first-order valence-electron chi connectivity index (χ1n) is 10.5. The van der Waals surface area contributed by atoms with Crippen LogP contribution in [0.2, 0.25) is 5.02 Å². The number of fused-ring (bicyclic) bond motifs is 1. The number of amidine groups is 1. The second-order valence-corrected chi connectivity index (χ2v) is 10.6. The third-order valence-corrected chi connectivity index (χ3v) is 7.50. The van der Waals surface area contributed by atoms with E-state index in [0.29, 0.717) is 21.0 Å². The van der Waals surface area contributed by atoms with Crippen molar-refractivity contribution in [1.29, 1.82) is 0 Å². The minimum absolute atomic E-state index is 0.0798. The van der Waals surface area contributed by atoms with Gasteiger partial charge < -0.3 is 10.2 Å². The summed E-state index contributed by atoms with van der Waals surface area (Å²) in [5.41, 5.74) is 6.51. The van der Waals surface area contributed by atoms with Gasteiger partial charge in [-0.1, -0.05) is 36.2 Å². The molecule has 162 valence electrons. The van der Waals surface area contributed by atoms with E-state index in [9.17, 15) is 4.79 Å². The van der Waals surface area contributed by atoms with E-state index in [-0.39, 0.29) is 11.4 Å². The number of rotatable bonds is 2. The zero-order chi connectivity index (χ0) is 22.5. The molecule has 1 N–H and O–H groups in total. The van der Waals surface area contributed by atoms with Crippen molar-refractivity contribution in [3.05, 3.63) is 62.5 Å². The lowest BCUT2D eigenvalue weighted by Gasteiger charge is -2.45. The van der Waals surface area contributed by atoms with Crippen molar-refractivity contribution < 1.29 is 4.79 Å². The van der Waals surface area contributed by atoms with E-state index in [2.05, 4.69) is 62.1 Å². The fourth-order valence-corrected chi connectivity index (χ4v) is 5.42. The number of hydrogen-bond acceptors (Lipinski definition) is 4. The molecule has 2 aromatic rings. The zero-order valence-electron chi connectivity index (χ0n) is 18.8. The monoisotopic (exact) mass is 453 g/mol. The van der Waals surface area contributed by atoms with Crippen LogP contribution in [-0.2, 0) is 4.79 Å². The molecule has 0 spiro atoms. The number of halogens is 1. The number of benzene rings is 2. The van der Waals surface area contributed by atoms with Crippen molar-refractivity contribution >= 4 is 51.9 Å². The molecule has 6 heteroatoms. The van der Waals surface area contributed by atoms with Crippen molar-refractivity contribution in [1.82, 2.24) is 5.32 Å². The molecule has 1 atom stereocenters. The molecule has 2 aliphatic rings. The Balaban J connectivity index is 1.66. The molecule has 0 bridgehead atoms. The van der Waals surface area contributed by atoms with Crippen molar-refractivity contribution in [3.8, 4) is 0 Å². The lowest BCUT2D eigenvalue weighted by molar-refractivity contribution is -0.115. The van der Waals surface area contributed by atoms with E-state index in [1.165, 1.54) is 22.9 Å². The first kappa shape index (κ1) is 22.0. The molecule has 0 saturated carbocycles. The molecule has 1 unspecified atom stereocenters. The largest absolute Gasteiger partial charge is 0.369 e. The maximum Gasteiger partial charge on any atom is 0.264 e. The van der Waals surface area contributed by atoms with Gasteiger partial charge in [0.25, 0.3) is 5.91 Å². The van der Waals surface area contributed by atoms with Crippen LogP contribution >= 0.6 is 23.4 Å². The summed E-state index contributed by atoms with van der Waals surface area (Å²) in [4.78, 5) is 20.1. The molecule has 4 nitrogen and oxygen atoms in total. The summed E-state index contributed by atoms with van der Waals surface area (Å²) in [6.07, 6.45) is 2.94. The maximum atomic E-state index is 12.6. The summed E-state index contributed by atoms with van der Waals surface area (Å²) in [6, 6.07) is 10.3. The fraction of sp³-hybridized carbons (Fsp3) is 0.360. The molecule has 0 aliphatic carbocycles. The van der Waals surface area contributed by atoms with Gasteiger partial charge in [-0.2, -0.15) is 0 Å². The molecule has 1 saturated heterocycles. The minimum atomic E-state index is -0.145. The molecule has 4 rings (SSSR count). The van der Waals surface area contributed by atoms with Gasteiger partial charge in [0, 0.05) is 23.3 Å². The highest BCUT2D eigenvalue weighted by molar-refractivity contribution is 8.18. The lowest BCUT2D eigenvalue weighted by atomic mass is 9.80. The van der Waals surface area contributed by atoms with Crippen LogP contribution in [0.1, 0.15) is 55.4 Å². The number of hydrogen-bond donors (Lipinski definition) is 1. The Hall–Kier alpha value is -2.24. The van der Waals surface area contributed by atoms with Gasteiger partial charge in [0.05, 0.1) is 10.6 Å². The molecule has 0 radical (unpaired) electrons. The van der Waals surface area contributed by atoms with Crippen LogP contribution in [0.15, 0.2) is 40.2 Å². The number of carbonyl (C=O) groups excluding carboxylic acids is 1. The van der Waals surface area contributed by atoms with Gasteiger partial charge in [-0.05, 0) is 92.8 Å². The maximum absolute atomic E-state index is 12.6. The standard InChI is InChI=1S/C25H28ClN3OS/c1-14-7-8-20(15(2)9-14)27-24-28-23(30)22(31-24)11-17-10-18-16(3)13-25(4,5)29(6)21(18)12-19(17)26/h7-12,16H,13H2,1-6H3,(H,27,28,30)/b22-11+. The number of aliphatic imine (C=N–C) groups is 1. The quantitative estimate of drug-likeness (QED) is 0.523. The molecule has 1 fully saturated rings. The second kappa shape index (κ2) is 8.03. The van der Waals surface area contributed by atoms with Crippen molar-refractivity contribution in [2.24, 2.45) is 4.99 Å². The van der Waals surface area contributed by atoms with Crippen LogP contribution in [-0.4, -0.2) is 23.7 Å². The molecule has 1 amide bonds. The summed E-state index contributed by atoms with van der Waals surface area (Å²) in [6.45, 7) is 10.8. The van der Waals surface area contributed by atoms with Crippen LogP contribution in [0.5, 0.6) is 0 Å². The Morgan fingerprint density at radius 2 is 2.00 bits per heavy atom. The Labute approximate surface area is 193 Å². The zero-order valence-corrected chi connectivity index (χ0v) is 20.4. The smallest absolute Gasteiger partial charge is 0.264 e. The average Bonchev–Trinajstić information content (AvgIpc) is 3.02. The molecule has 2 aromatic carbocycles. The average molecular weight is 454 g/mol. The lowest BCUT2D eigenvalue weighted by Crippen LogP contribution is -2.45. The topological polar surface area (TPSA) is 44.7 Å². The van der Waals surface area contributed by atoms with E-state index in [0.717, 1.165) is 28.9 Å². The fourth-order valence-electron chi connectivity index (χ4n) is 4.38. The van der Waals surface area contributed by atoms with E-state index < -0.39 is 0 Å². The molecule has 0 aromatic heterocycles. The van der Waals surface area contributed by atoms with Crippen molar-refractivity contribution in [2.45, 2.75) is 52.5 Å².